The van der Waals surface area contributed by atoms with E-state index in [0.717, 1.165) is 41.5 Å². The predicted molar refractivity (Wildman–Crippen MR) is 94.1 cm³/mol. The Hall–Kier alpha value is -2.22. The molecule has 0 fully saturated rings. The molecule has 0 N–H and O–H groups in total. The van der Waals surface area contributed by atoms with E-state index in [1.807, 2.05) is 62.4 Å². The average Bonchev–Trinajstić information content (AvgIpc) is 2.55. The molecule has 0 spiro atoms. The summed E-state index contributed by atoms with van der Waals surface area (Å²) in [6, 6.07) is 15.4. The summed E-state index contributed by atoms with van der Waals surface area (Å²) in [5.41, 5.74) is 3.89. The van der Waals surface area contributed by atoms with Crippen molar-refractivity contribution < 1.29 is 9.59 Å². The molecule has 0 aliphatic rings. The van der Waals surface area contributed by atoms with E-state index in [0.29, 0.717) is 12.8 Å². The average molecular weight is 308 g/mol. The number of aryl methyl sites for hydroxylation is 2. The first kappa shape index (κ1) is 17.1. The van der Waals surface area contributed by atoms with Gasteiger partial charge >= 0.3 is 0 Å². The molecule has 2 nitrogen and oxygen atoms in total. The van der Waals surface area contributed by atoms with E-state index in [2.05, 4.69) is 0 Å². The fourth-order valence-corrected chi connectivity index (χ4v) is 2.52. The second kappa shape index (κ2) is 8.42. The minimum atomic E-state index is 0.190. The van der Waals surface area contributed by atoms with E-state index in [4.69, 9.17) is 0 Å². The highest BCUT2D eigenvalue weighted by Crippen LogP contribution is 2.13. The molecule has 0 heterocycles. The lowest BCUT2D eigenvalue weighted by molar-refractivity contribution is 0.0978. The molecule has 0 radical (unpaired) electrons. The summed E-state index contributed by atoms with van der Waals surface area (Å²) >= 11 is 0. The van der Waals surface area contributed by atoms with Crippen LogP contribution in [-0.2, 0) is 0 Å². The van der Waals surface area contributed by atoms with Gasteiger partial charge in [0.1, 0.15) is 0 Å². The summed E-state index contributed by atoms with van der Waals surface area (Å²) in [6.07, 6.45) is 3.71. The molecule has 0 aromatic heterocycles. The van der Waals surface area contributed by atoms with Crippen LogP contribution in [0.3, 0.4) is 0 Å². The molecule has 0 bridgehead atoms. The molecule has 2 rings (SSSR count). The minimum absolute atomic E-state index is 0.190. The summed E-state index contributed by atoms with van der Waals surface area (Å²) < 4.78 is 0. The normalized spacial score (nSPS) is 10.5. The van der Waals surface area contributed by atoms with Crippen molar-refractivity contribution in [3.63, 3.8) is 0 Å². The molecular weight excluding hydrogens is 284 g/mol. The fraction of sp³-hybridized carbons (Fsp3) is 0.333. The van der Waals surface area contributed by atoms with Crippen LogP contribution in [0.4, 0.5) is 0 Å². The van der Waals surface area contributed by atoms with Crippen LogP contribution in [0.15, 0.2) is 48.5 Å². The first-order chi connectivity index (χ1) is 11.1. The maximum absolute atomic E-state index is 12.0. The molecule has 2 aromatic carbocycles. The highest BCUT2D eigenvalue weighted by molar-refractivity contribution is 5.96. The Bertz CT molecular complexity index is 592. The molecule has 0 atom stereocenters. The van der Waals surface area contributed by atoms with E-state index < -0.39 is 0 Å². The van der Waals surface area contributed by atoms with E-state index in [9.17, 15) is 9.59 Å². The maximum atomic E-state index is 12.0. The number of rotatable bonds is 8. The van der Waals surface area contributed by atoms with Crippen LogP contribution in [0.2, 0.25) is 0 Å². The van der Waals surface area contributed by atoms with Gasteiger partial charge in [-0.2, -0.15) is 0 Å². The minimum Gasteiger partial charge on any atom is -0.294 e. The van der Waals surface area contributed by atoms with Gasteiger partial charge in [0.05, 0.1) is 0 Å². The number of hydrogen-bond acceptors (Lipinski definition) is 2. The molecule has 0 aliphatic heterocycles. The Morgan fingerprint density at radius 1 is 0.609 bits per heavy atom. The monoisotopic (exact) mass is 308 g/mol. The van der Waals surface area contributed by atoms with E-state index in [-0.39, 0.29) is 11.6 Å². The van der Waals surface area contributed by atoms with E-state index >= 15 is 0 Å². The number of carbonyl (C=O) groups is 2. The van der Waals surface area contributed by atoms with Gasteiger partial charge in [-0.05, 0) is 26.7 Å². The van der Waals surface area contributed by atoms with Gasteiger partial charge in [-0.1, -0.05) is 66.1 Å². The van der Waals surface area contributed by atoms with Crippen molar-refractivity contribution in [2.75, 3.05) is 0 Å². The number of Topliss-reactive ketones (excluding diaryl/α,β-unsaturated/α-hetero) is 2. The van der Waals surface area contributed by atoms with Crippen molar-refractivity contribution >= 4 is 11.6 Å². The molecule has 0 unspecified atom stereocenters. The van der Waals surface area contributed by atoms with Gasteiger partial charge in [0.15, 0.2) is 11.6 Å². The van der Waals surface area contributed by atoms with Crippen LogP contribution in [0.1, 0.15) is 63.9 Å². The quantitative estimate of drug-likeness (QED) is 0.488. The SMILES string of the molecule is Cc1ccc(C(=O)CCCCCC(=O)c2ccc(C)cc2)cc1. The van der Waals surface area contributed by atoms with Crippen molar-refractivity contribution in [1.82, 2.24) is 0 Å². The van der Waals surface area contributed by atoms with Crippen LogP contribution in [0.5, 0.6) is 0 Å². The smallest absolute Gasteiger partial charge is 0.162 e. The van der Waals surface area contributed by atoms with Crippen LogP contribution >= 0.6 is 0 Å². The zero-order chi connectivity index (χ0) is 16.7. The van der Waals surface area contributed by atoms with E-state index in [1.165, 1.54) is 0 Å². The number of unbranched alkanes of at least 4 members (excludes halogenated alkanes) is 2. The molecular formula is C21H24O2. The van der Waals surface area contributed by atoms with Crippen molar-refractivity contribution in [1.29, 1.82) is 0 Å². The van der Waals surface area contributed by atoms with Gasteiger partial charge in [-0.3, -0.25) is 9.59 Å². The molecule has 120 valence electrons. The number of hydrogen-bond donors (Lipinski definition) is 0. The van der Waals surface area contributed by atoms with Crippen LogP contribution in [0.25, 0.3) is 0 Å². The molecule has 0 saturated carbocycles. The Balaban J connectivity index is 1.67. The Kier molecular flexibility index (Phi) is 6.28. The summed E-state index contributed by atoms with van der Waals surface area (Å²) in [5, 5.41) is 0. The van der Waals surface area contributed by atoms with Gasteiger partial charge in [0.25, 0.3) is 0 Å². The van der Waals surface area contributed by atoms with Gasteiger partial charge < -0.3 is 0 Å². The highest BCUT2D eigenvalue weighted by Gasteiger charge is 2.07. The van der Waals surface area contributed by atoms with Gasteiger partial charge in [0, 0.05) is 24.0 Å². The molecule has 0 saturated heterocycles. The van der Waals surface area contributed by atoms with Crippen molar-refractivity contribution in [3.8, 4) is 0 Å². The standard InChI is InChI=1S/C21H24O2/c1-16-8-12-18(13-9-16)20(22)6-4-3-5-7-21(23)19-14-10-17(2)11-15-19/h8-15H,3-7H2,1-2H3. The van der Waals surface area contributed by atoms with Gasteiger partial charge in [-0.25, -0.2) is 0 Å². The summed E-state index contributed by atoms with van der Waals surface area (Å²) in [6.45, 7) is 4.03. The van der Waals surface area contributed by atoms with Crippen molar-refractivity contribution in [3.05, 3.63) is 70.8 Å². The number of benzene rings is 2. The Morgan fingerprint density at radius 3 is 1.30 bits per heavy atom. The third-order valence-corrected chi connectivity index (χ3v) is 4.05. The molecule has 0 aliphatic carbocycles. The Labute approximate surface area is 138 Å². The Morgan fingerprint density at radius 2 is 0.957 bits per heavy atom. The second-order valence-electron chi connectivity index (χ2n) is 6.14. The summed E-state index contributed by atoms with van der Waals surface area (Å²) in [4.78, 5) is 24.1. The fourth-order valence-electron chi connectivity index (χ4n) is 2.52. The number of carbonyl (C=O) groups excluding carboxylic acids is 2. The molecule has 0 amide bonds. The molecule has 2 aromatic rings. The largest absolute Gasteiger partial charge is 0.294 e. The van der Waals surface area contributed by atoms with Gasteiger partial charge in [0.2, 0.25) is 0 Å². The topological polar surface area (TPSA) is 34.1 Å². The third kappa shape index (κ3) is 5.48. The van der Waals surface area contributed by atoms with Crippen LogP contribution < -0.4 is 0 Å². The first-order valence-corrected chi connectivity index (χ1v) is 8.26. The van der Waals surface area contributed by atoms with Gasteiger partial charge in [-0.15, -0.1) is 0 Å². The predicted octanol–water partition coefficient (Wildman–Crippen LogP) is 5.32. The lowest BCUT2D eigenvalue weighted by Gasteiger charge is -2.03. The maximum Gasteiger partial charge on any atom is 0.162 e. The third-order valence-electron chi connectivity index (χ3n) is 4.05. The lowest BCUT2D eigenvalue weighted by Crippen LogP contribution is -2.01. The lowest BCUT2D eigenvalue weighted by atomic mass is 10.0. The van der Waals surface area contributed by atoms with Crippen molar-refractivity contribution in [2.45, 2.75) is 46.0 Å². The van der Waals surface area contributed by atoms with Crippen molar-refractivity contribution in [2.24, 2.45) is 0 Å². The van der Waals surface area contributed by atoms with Crippen LogP contribution in [0, 0.1) is 13.8 Å². The zero-order valence-electron chi connectivity index (χ0n) is 14.0. The second-order valence-corrected chi connectivity index (χ2v) is 6.14. The first-order valence-electron chi connectivity index (χ1n) is 8.26. The highest BCUT2D eigenvalue weighted by atomic mass is 16.1. The zero-order valence-corrected chi connectivity index (χ0v) is 14.0. The molecule has 2 heteroatoms. The van der Waals surface area contributed by atoms with Crippen LogP contribution in [-0.4, -0.2) is 11.6 Å². The summed E-state index contributed by atoms with van der Waals surface area (Å²) in [5.74, 6) is 0.379. The summed E-state index contributed by atoms with van der Waals surface area (Å²) in [7, 11) is 0. The number of ketones is 2. The van der Waals surface area contributed by atoms with E-state index in [1.54, 1.807) is 0 Å². The molecule has 23 heavy (non-hydrogen) atoms.